The van der Waals surface area contributed by atoms with Crippen molar-refractivity contribution >= 4 is 22.7 Å². The summed E-state index contributed by atoms with van der Waals surface area (Å²) in [5.41, 5.74) is 1.49. The van der Waals surface area contributed by atoms with Crippen molar-refractivity contribution in [1.82, 2.24) is 9.88 Å². The number of aliphatic hydroxyl groups is 1. The van der Waals surface area contributed by atoms with Crippen LogP contribution in [-0.2, 0) is 11.3 Å². The molecule has 3 heterocycles. The van der Waals surface area contributed by atoms with E-state index in [-0.39, 0.29) is 17.9 Å². The fraction of sp³-hybridized carbons (Fsp3) is 0.0800. The molecule has 1 unspecified atom stereocenters. The van der Waals surface area contributed by atoms with E-state index in [9.17, 15) is 19.1 Å². The number of hydrogen-bond acceptors (Lipinski definition) is 5. The van der Waals surface area contributed by atoms with E-state index >= 15 is 0 Å². The van der Waals surface area contributed by atoms with Crippen molar-refractivity contribution in [2.75, 3.05) is 0 Å². The number of halogens is 1. The molecule has 0 spiro atoms. The topological polar surface area (TPSA) is 83.6 Å². The molecule has 5 rings (SSSR count). The van der Waals surface area contributed by atoms with E-state index in [4.69, 9.17) is 4.42 Å². The minimum absolute atomic E-state index is 0.0186. The third-order valence-corrected chi connectivity index (χ3v) is 5.43. The Kier molecular flexibility index (Phi) is 4.78. The van der Waals surface area contributed by atoms with Crippen LogP contribution in [0.4, 0.5) is 4.39 Å². The molecular formula is C25H17FN2O4. The Bertz CT molecular complexity index is 1330. The van der Waals surface area contributed by atoms with E-state index in [0.717, 1.165) is 5.39 Å². The molecule has 1 amide bonds. The molecule has 1 atom stereocenters. The highest BCUT2D eigenvalue weighted by atomic mass is 19.1. The van der Waals surface area contributed by atoms with E-state index in [1.165, 1.54) is 17.0 Å². The van der Waals surface area contributed by atoms with Gasteiger partial charge in [-0.1, -0.05) is 36.4 Å². The van der Waals surface area contributed by atoms with Crippen LogP contribution < -0.4 is 0 Å². The van der Waals surface area contributed by atoms with Crippen molar-refractivity contribution in [2.45, 2.75) is 12.6 Å². The lowest BCUT2D eigenvalue weighted by molar-refractivity contribution is -0.130. The second kappa shape index (κ2) is 7.77. The number of hydrogen-bond donors (Lipinski definition) is 1. The predicted molar refractivity (Wildman–Crippen MR) is 114 cm³/mol. The third-order valence-electron chi connectivity index (χ3n) is 5.43. The van der Waals surface area contributed by atoms with Gasteiger partial charge in [0.25, 0.3) is 5.91 Å². The number of rotatable bonds is 5. The van der Waals surface area contributed by atoms with Crippen LogP contribution in [0.25, 0.3) is 11.0 Å². The summed E-state index contributed by atoms with van der Waals surface area (Å²) in [6, 6.07) is 18.6. The summed E-state index contributed by atoms with van der Waals surface area (Å²) in [6.07, 6.45) is 1.55. The summed E-state index contributed by atoms with van der Waals surface area (Å²) in [5, 5.41) is 11.5. The molecule has 0 aliphatic carbocycles. The fourth-order valence-corrected chi connectivity index (χ4v) is 3.91. The number of nitrogens with zero attached hydrogens (tertiary/aromatic N) is 2. The quantitative estimate of drug-likeness (QED) is 0.464. The summed E-state index contributed by atoms with van der Waals surface area (Å²) < 4.78 is 19.0. The molecule has 0 saturated heterocycles. The van der Waals surface area contributed by atoms with Crippen molar-refractivity contribution in [3.05, 3.63) is 113 Å². The minimum atomic E-state index is -0.922. The molecular weight excluding hydrogens is 411 g/mol. The molecule has 32 heavy (non-hydrogen) atoms. The van der Waals surface area contributed by atoms with Gasteiger partial charge in [0, 0.05) is 18.1 Å². The first-order valence-electron chi connectivity index (χ1n) is 9.95. The SMILES string of the molecule is O=C(C1=C(O)C(=O)N(Cc2ccc(F)cc2)C1c1ccccn1)c1cc2ccccc2o1. The highest BCUT2D eigenvalue weighted by Gasteiger charge is 2.45. The van der Waals surface area contributed by atoms with Crippen molar-refractivity contribution in [2.24, 2.45) is 0 Å². The van der Waals surface area contributed by atoms with Crippen LogP contribution in [0.3, 0.4) is 0 Å². The summed E-state index contributed by atoms with van der Waals surface area (Å²) in [4.78, 5) is 32.1. The van der Waals surface area contributed by atoms with E-state index in [1.54, 1.807) is 60.8 Å². The van der Waals surface area contributed by atoms with Gasteiger partial charge >= 0.3 is 0 Å². The normalized spacial score (nSPS) is 16.2. The zero-order chi connectivity index (χ0) is 22.2. The number of aromatic nitrogens is 1. The van der Waals surface area contributed by atoms with Crippen molar-refractivity contribution < 1.29 is 23.5 Å². The molecule has 1 aliphatic rings. The van der Waals surface area contributed by atoms with Gasteiger partial charge in [-0.25, -0.2) is 4.39 Å². The Balaban J connectivity index is 1.58. The summed E-state index contributed by atoms with van der Waals surface area (Å²) in [5.74, 6) is -2.32. The molecule has 0 fully saturated rings. The Morgan fingerprint density at radius 2 is 1.81 bits per heavy atom. The zero-order valence-electron chi connectivity index (χ0n) is 16.7. The predicted octanol–water partition coefficient (Wildman–Crippen LogP) is 4.75. The largest absolute Gasteiger partial charge is 0.503 e. The van der Waals surface area contributed by atoms with Gasteiger partial charge in [-0.2, -0.15) is 0 Å². The first-order chi connectivity index (χ1) is 15.5. The first kappa shape index (κ1) is 19.7. The van der Waals surface area contributed by atoms with E-state index in [0.29, 0.717) is 16.8 Å². The number of amides is 1. The molecule has 6 nitrogen and oxygen atoms in total. The summed E-state index contributed by atoms with van der Waals surface area (Å²) in [6.45, 7) is 0.0569. The standard InChI is InChI=1S/C25H17FN2O4/c26-17-10-8-15(9-11-17)14-28-22(18-6-3-4-12-27-18)21(24(30)25(28)31)23(29)20-13-16-5-1-2-7-19(16)32-20/h1-13,22,30H,14H2. The Labute approximate surface area is 182 Å². The van der Waals surface area contributed by atoms with Crippen LogP contribution in [0.5, 0.6) is 0 Å². The number of furan rings is 1. The van der Waals surface area contributed by atoms with Gasteiger partial charge in [0.2, 0.25) is 5.78 Å². The maximum atomic E-state index is 13.4. The molecule has 2 aromatic heterocycles. The summed E-state index contributed by atoms with van der Waals surface area (Å²) >= 11 is 0. The van der Waals surface area contributed by atoms with Gasteiger partial charge in [-0.3, -0.25) is 14.6 Å². The van der Waals surface area contributed by atoms with Crippen LogP contribution >= 0.6 is 0 Å². The van der Waals surface area contributed by atoms with Crippen LogP contribution in [0.2, 0.25) is 0 Å². The third kappa shape index (κ3) is 3.33. The van der Waals surface area contributed by atoms with Crippen LogP contribution in [-0.4, -0.2) is 26.7 Å². The van der Waals surface area contributed by atoms with E-state index in [2.05, 4.69) is 4.98 Å². The first-order valence-corrected chi connectivity index (χ1v) is 9.95. The van der Waals surface area contributed by atoms with Crippen molar-refractivity contribution in [3.8, 4) is 0 Å². The highest BCUT2D eigenvalue weighted by Crippen LogP contribution is 2.39. The van der Waals surface area contributed by atoms with Gasteiger partial charge in [-0.05, 0) is 42.0 Å². The van der Waals surface area contributed by atoms with Crippen LogP contribution in [0.1, 0.15) is 27.9 Å². The number of benzene rings is 2. The molecule has 7 heteroatoms. The maximum Gasteiger partial charge on any atom is 0.290 e. The van der Waals surface area contributed by atoms with E-state index in [1.807, 2.05) is 6.07 Å². The number of fused-ring (bicyclic) bond motifs is 1. The maximum absolute atomic E-state index is 13.4. The molecule has 158 valence electrons. The number of carbonyl (C=O) groups is 2. The minimum Gasteiger partial charge on any atom is -0.503 e. The molecule has 0 saturated carbocycles. The Morgan fingerprint density at radius 1 is 1.06 bits per heavy atom. The average Bonchev–Trinajstić information content (AvgIpc) is 3.35. The number of carbonyl (C=O) groups excluding carboxylic acids is 2. The number of aliphatic hydroxyl groups excluding tert-OH is 1. The second-order valence-corrected chi connectivity index (χ2v) is 7.46. The highest BCUT2D eigenvalue weighted by molar-refractivity contribution is 6.15. The molecule has 0 radical (unpaired) electrons. The number of ketones is 1. The molecule has 0 bridgehead atoms. The van der Waals surface area contributed by atoms with Gasteiger partial charge in [0.05, 0.1) is 11.3 Å². The van der Waals surface area contributed by atoms with Crippen LogP contribution in [0.15, 0.2) is 94.7 Å². The number of Topliss-reactive ketones (excluding diaryl/α,β-unsaturated/α-hetero) is 1. The Hall–Kier alpha value is -4.26. The van der Waals surface area contributed by atoms with Gasteiger partial charge in [-0.15, -0.1) is 0 Å². The molecule has 4 aromatic rings. The smallest absolute Gasteiger partial charge is 0.290 e. The van der Waals surface area contributed by atoms with Gasteiger partial charge in [0.15, 0.2) is 11.5 Å². The van der Waals surface area contributed by atoms with Crippen LogP contribution in [0, 0.1) is 5.82 Å². The fourth-order valence-electron chi connectivity index (χ4n) is 3.91. The lowest BCUT2D eigenvalue weighted by Gasteiger charge is -2.26. The lowest BCUT2D eigenvalue weighted by atomic mass is 9.98. The Morgan fingerprint density at radius 3 is 2.53 bits per heavy atom. The van der Waals surface area contributed by atoms with Gasteiger partial charge in [0.1, 0.15) is 17.4 Å². The average molecular weight is 428 g/mol. The molecule has 2 aromatic carbocycles. The second-order valence-electron chi connectivity index (χ2n) is 7.46. The summed E-state index contributed by atoms with van der Waals surface area (Å²) in [7, 11) is 0. The van der Waals surface area contributed by atoms with Gasteiger partial charge < -0.3 is 14.4 Å². The van der Waals surface area contributed by atoms with Crippen molar-refractivity contribution in [3.63, 3.8) is 0 Å². The monoisotopic (exact) mass is 428 g/mol. The van der Waals surface area contributed by atoms with Crippen molar-refractivity contribution in [1.29, 1.82) is 0 Å². The molecule has 1 aliphatic heterocycles. The number of pyridine rings is 1. The van der Waals surface area contributed by atoms with E-state index < -0.39 is 29.3 Å². The molecule has 1 N–H and O–H groups in total. The lowest BCUT2D eigenvalue weighted by Crippen LogP contribution is -2.31. The zero-order valence-corrected chi connectivity index (χ0v) is 16.7. The number of para-hydroxylation sites is 1.